The summed E-state index contributed by atoms with van der Waals surface area (Å²) in [4.78, 5) is 17.8. The molecule has 0 bridgehead atoms. The van der Waals surface area contributed by atoms with Crippen molar-refractivity contribution in [3.8, 4) is 6.07 Å². The lowest BCUT2D eigenvalue weighted by molar-refractivity contribution is -0.137. The molecule has 1 atom stereocenters. The van der Waals surface area contributed by atoms with Gasteiger partial charge in [-0.2, -0.15) is 18.4 Å². The number of halogens is 4. The number of nitriles is 1. The molecule has 2 aromatic rings. The normalized spacial score (nSPS) is 16.1. The summed E-state index contributed by atoms with van der Waals surface area (Å²) in [6, 6.07) is 8.91. The summed E-state index contributed by atoms with van der Waals surface area (Å²) in [6.07, 6.45) is -0.180. The van der Waals surface area contributed by atoms with Gasteiger partial charge >= 0.3 is 6.18 Å². The highest BCUT2D eigenvalue weighted by atomic mass is 35.5. The first-order chi connectivity index (χ1) is 13.3. The molecule has 1 unspecified atom stereocenters. The van der Waals surface area contributed by atoms with Gasteiger partial charge in [0.2, 0.25) is 5.91 Å². The fourth-order valence-corrected chi connectivity index (χ4v) is 3.02. The molecule has 1 aliphatic rings. The molecule has 0 spiro atoms. The molecule has 28 heavy (non-hydrogen) atoms. The summed E-state index contributed by atoms with van der Waals surface area (Å²) < 4.78 is 38.3. The molecule has 9 heteroatoms. The summed E-state index contributed by atoms with van der Waals surface area (Å²) in [5.41, 5.74) is 0.381. The van der Waals surface area contributed by atoms with Crippen LogP contribution in [0, 0.1) is 11.3 Å². The summed E-state index contributed by atoms with van der Waals surface area (Å²) in [7, 11) is 0. The molecule has 1 N–H and O–H groups in total. The van der Waals surface area contributed by atoms with E-state index in [1.165, 1.54) is 4.90 Å². The molecule has 1 aliphatic heterocycles. The van der Waals surface area contributed by atoms with Crippen LogP contribution in [0.3, 0.4) is 0 Å². The summed E-state index contributed by atoms with van der Waals surface area (Å²) in [6.45, 7) is 0.253. The van der Waals surface area contributed by atoms with Crippen molar-refractivity contribution >= 4 is 23.3 Å². The maximum Gasteiger partial charge on any atom is 0.417 e. The van der Waals surface area contributed by atoms with Crippen LogP contribution < -0.4 is 10.2 Å². The first-order valence-electron chi connectivity index (χ1n) is 8.24. The van der Waals surface area contributed by atoms with Crippen LogP contribution in [0.2, 0.25) is 5.02 Å². The molecule has 144 valence electrons. The van der Waals surface area contributed by atoms with Gasteiger partial charge in [-0.3, -0.25) is 4.79 Å². The Kier molecular flexibility index (Phi) is 5.56. The number of rotatable bonds is 4. The van der Waals surface area contributed by atoms with Crippen LogP contribution in [0.4, 0.5) is 19.0 Å². The number of nitrogens with zero attached hydrogens (tertiary/aromatic N) is 3. The molecule has 5 nitrogen and oxygen atoms in total. The van der Waals surface area contributed by atoms with Crippen molar-refractivity contribution < 1.29 is 18.0 Å². The van der Waals surface area contributed by atoms with E-state index in [1.54, 1.807) is 36.5 Å². The van der Waals surface area contributed by atoms with E-state index in [9.17, 15) is 18.0 Å². The van der Waals surface area contributed by atoms with Crippen LogP contribution in [0.25, 0.3) is 0 Å². The quantitative estimate of drug-likeness (QED) is 0.832. The molecule has 1 amide bonds. The molecular formula is C19H14ClF3N4O. The molecule has 0 fully saturated rings. The predicted octanol–water partition coefficient (Wildman–Crippen LogP) is 4.03. The number of anilines is 1. The average molecular weight is 407 g/mol. The number of alkyl halides is 3. The van der Waals surface area contributed by atoms with E-state index < -0.39 is 17.8 Å². The molecule has 0 radical (unpaired) electrons. The SMILES string of the molecule is N#Cc1ccc(CNC(=O)C2CC=CN2c2ncc(C(F)(F)F)cc2Cl)cc1. The second kappa shape index (κ2) is 7.90. The highest BCUT2D eigenvalue weighted by Gasteiger charge is 2.34. The number of hydrogen-bond acceptors (Lipinski definition) is 4. The zero-order valence-electron chi connectivity index (χ0n) is 14.4. The van der Waals surface area contributed by atoms with Gasteiger partial charge < -0.3 is 10.2 Å². The number of nitrogens with one attached hydrogen (secondary N) is 1. The highest BCUT2D eigenvalue weighted by Crippen LogP contribution is 2.35. The van der Waals surface area contributed by atoms with Gasteiger partial charge in [0, 0.05) is 18.9 Å². The van der Waals surface area contributed by atoms with E-state index in [1.807, 2.05) is 6.07 Å². The van der Waals surface area contributed by atoms with Crippen LogP contribution in [0.5, 0.6) is 0 Å². The summed E-state index contributed by atoms with van der Waals surface area (Å²) in [5.74, 6) is -0.228. The van der Waals surface area contributed by atoms with Crippen molar-refractivity contribution in [2.45, 2.75) is 25.2 Å². The van der Waals surface area contributed by atoms with Crippen LogP contribution in [-0.4, -0.2) is 16.9 Å². The first-order valence-corrected chi connectivity index (χ1v) is 8.62. The zero-order valence-corrected chi connectivity index (χ0v) is 15.1. The Balaban J connectivity index is 1.70. The lowest BCUT2D eigenvalue weighted by Gasteiger charge is -2.25. The molecule has 1 aromatic heterocycles. The standard InChI is InChI=1S/C19H14ClF3N4O/c20-15-8-14(19(21,22)23)11-25-17(15)27-7-1-2-16(27)18(28)26-10-13-5-3-12(9-24)4-6-13/h1,3-8,11,16H,2,10H2,(H,26,28). The van der Waals surface area contributed by atoms with Crippen molar-refractivity contribution in [3.63, 3.8) is 0 Å². The average Bonchev–Trinajstić information content (AvgIpc) is 3.15. The Bertz CT molecular complexity index is 951. The van der Waals surface area contributed by atoms with E-state index in [2.05, 4.69) is 10.3 Å². The minimum atomic E-state index is -4.55. The van der Waals surface area contributed by atoms with Crippen LogP contribution in [0.1, 0.15) is 23.1 Å². The minimum Gasteiger partial charge on any atom is -0.350 e. The van der Waals surface area contributed by atoms with E-state index in [0.29, 0.717) is 18.2 Å². The number of amides is 1. The van der Waals surface area contributed by atoms with Crippen molar-refractivity contribution in [1.29, 1.82) is 5.26 Å². The summed E-state index contributed by atoms with van der Waals surface area (Å²) >= 11 is 5.99. The monoisotopic (exact) mass is 406 g/mol. The Hall–Kier alpha value is -3.05. The van der Waals surface area contributed by atoms with Crippen molar-refractivity contribution in [2.24, 2.45) is 0 Å². The van der Waals surface area contributed by atoms with Crippen molar-refractivity contribution in [2.75, 3.05) is 4.90 Å². The third-order valence-corrected chi connectivity index (χ3v) is 4.49. The number of carbonyl (C=O) groups excluding carboxylic acids is 1. The number of pyridine rings is 1. The Morgan fingerprint density at radius 2 is 2.07 bits per heavy atom. The molecular weight excluding hydrogens is 393 g/mol. The third kappa shape index (κ3) is 4.26. The molecule has 1 aromatic carbocycles. The van der Waals surface area contributed by atoms with Gasteiger partial charge in [0.05, 0.1) is 22.2 Å². The number of carbonyl (C=O) groups is 1. The third-order valence-electron chi connectivity index (χ3n) is 4.21. The zero-order chi connectivity index (χ0) is 20.3. The summed E-state index contributed by atoms with van der Waals surface area (Å²) in [5, 5.41) is 11.4. The Morgan fingerprint density at radius 1 is 1.36 bits per heavy atom. The second-order valence-corrected chi connectivity index (χ2v) is 6.50. The van der Waals surface area contributed by atoms with Gasteiger partial charge in [-0.15, -0.1) is 0 Å². The fourth-order valence-electron chi connectivity index (χ4n) is 2.75. The lowest BCUT2D eigenvalue weighted by atomic mass is 10.1. The maximum atomic E-state index is 12.8. The largest absolute Gasteiger partial charge is 0.417 e. The number of hydrogen-bond donors (Lipinski definition) is 1. The second-order valence-electron chi connectivity index (χ2n) is 6.10. The van der Waals surface area contributed by atoms with Gasteiger partial charge in [0.15, 0.2) is 5.82 Å². The van der Waals surface area contributed by atoms with Gasteiger partial charge in [0.25, 0.3) is 0 Å². The molecule has 2 heterocycles. The number of aromatic nitrogens is 1. The van der Waals surface area contributed by atoms with Crippen LogP contribution >= 0.6 is 11.6 Å². The highest BCUT2D eigenvalue weighted by molar-refractivity contribution is 6.33. The molecule has 0 aliphatic carbocycles. The smallest absolute Gasteiger partial charge is 0.350 e. The van der Waals surface area contributed by atoms with Gasteiger partial charge in [-0.25, -0.2) is 4.98 Å². The van der Waals surface area contributed by atoms with Gasteiger partial charge in [-0.1, -0.05) is 29.8 Å². The molecule has 0 saturated heterocycles. The van der Waals surface area contributed by atoms with Crippen molar-refractivity contribution in [1.82, 2.24) is 10.3 Å². The Morgan fingerprint density at radius 3 is 2.68 bits per heavy atom. The van der Waals surface area contributed by atoms with E-state index in [4.69, 9.17) is 16.9 Å². The molecule has 0 saturated carbocycles. The molecule has 3 rings (SSSR count). The van der Waals surface area contributed by atoms with Crippen LogP contribution in [-0.2, 0) is 17.5 Å². The number of benzene rings is 1. The fraction of sp³-hybridized carbons (Fsp3) is 0.211. The Labute approximate surface area is 164 Å². The lowest BCUT2D eigenvalue weighted by Crippen LogP contribution is -2.42. The minimum absolute atomic E-state index is 0.0851. The van der Waals surface area contributed by atoms with Crippen LogP contribution in [0.15, 0.2) is 48.8 Å². The topological polar surface area (TPSA) is 69.0 Å². The van der Waals surface area contributed by atoms with E-state index in [0.717, 1.165) is 11.6 Å². The van der Waals surface area contributed by atoms with E-state index in [-0.39, 0.29) is 23.3 Å². The first kappa shape index (κ1) is 19.7. The maximum absolute atomic E-state index is 12.8. The van der Waals surface area contributed by atoms with Crippen molar-refractivity contribution in [3.05, 3.63) is 70.5 Å². The van der Waals surface area contributed by atoms with Gasteiger partial charge in [-0.05, 0) is 30.2 Å². The predicted molar refractivity (Wildman–Crippen MR) is 97.3 cm³/mol. The van der Waals surface area contributed by atoms with E-state index >= 15 is 0 Å². The van der Waals surface area contributed by atoms with Gasteiger partial charge in [0.1, 0.15) is 6.04 Å².